The number of nitrogens with one attached hydrogen (secondary N) is 1. The van der Waals surface area contributed by atoms with Crippen LogP contribution in [0.25, 0.3) is 0 Å². The van der Waals surface area contributed by atoms with Crippen molar-refractivity contribution in [3.63, 3.8) is 0 Å². The molecule has 0 fully saturated rings. The van der Waals surface area contributed by atoms with E-state index in [0.717, 1.165) is 33.3 Å². The summed E-state index contributed by atoms with van der Waals surface area (Å²) in [5.74, 6) is 2.33. The van der Waals surface area contributed by atoms with Crippen LogP contribution in [0.2, 0.25) is 0 Å². The van der Waals surface area contributed by atoms with Crippen LogP contribution in [0.15, 0.2) is 65.1 Å². The molecular weight excluding hydrogens is 352 g/mol. The van der Waals surface area contributed by atoms with Crippen molar-refractivity contribution in [2.24, 2.45) is 0 Å². The van der Waals surface area contributed by atoms with E-state index >= 15 is 0 Å². The molecule has 1 aromatic heterocycles. The fraction of sp³-hybridized carbons (Fsp3) is 0.111. The summed E-state index contributed by atoms with van der Waals surface area (Å²) >= 11 is 3.54. The zero-order chi connectivity index (χ0) is 16.2. The largest absolute Gasteiger partial charge is 0.339 e. The Morgan fingerprint density at radius 3 is 2.39 bits per heavy atom. The van der Waals surface area contributed by atoms with Gasteiger partial charge in [-0.1, -0.05) is 30.3 Å². The maximum atomic E-state index is 4.54. The SMILES string of the molecule is Cc1nc(Nc2ccccc2Br)cc(N(C)c2ccccc2)n1. The van der Waals surface area contributed by atoms with E-state index in [4.69, 9.17) is 0 Å². The van der Waals surface area contributed by atoms with Crippen molar-refractivity contribution >= 4 is 38.9 Å². The van der Waals surface area contributed by atoms with Gasteiger partial charge in [0.05, 0.1) is 5.69 Å². The second kappa shape index (κ2) is 6.79. The van der Waals surface area contributed by atoms with Crippen LogP contribution in [-0.2, 0) is 0 Å². The Morgan fingerprint density at radius 2 is 1.65 bits per heavy atom. The summed E-state index contributed by atoms with van der Waals surface area (Å²) in [7, 11) is 2.00. The van der Waals surface area contributed by atoms with Crippen LogP contribution >= 0.6 is 15.9 Å². The summed E-state index contributed by atoms with van der Waals surface area (Å²) in [4.78, 5) is 11.1. The van der Waals surface area contributed by atoms with Gasteiger partial charge in [-0.05, 0) is 47.1 Å². The lowest BCUT2D eigenvalue weighted by Crippen LogP contribution is -2.12. The van der Waals surface area contributed by atoms with Gasteiger partial charge in [-0.25, -0.2) is 9.97 Å². The Hall–Kier alpha value is -2.40. The molecule has 0 amide bonds. The van der Waals surface area contributed by atoms with E-state index < -0.39 is 0 Å². The molecule has 0 saturated carbocycles. The molecule has 4 nitrogen and oxygen atoms in total. The van der Waals surface area contributed by atoms with E-state index in [9.17, 15) is 0 Å². The number of para-hydroxylation sites is 2. The third-order valence-corrected chi connectivity index (χ3v) is 4.14. The Kier molecular flexibility index (Phi) is 4.57. The first-order valence-corrected chi connectivity index (χ1v) is 8.09. The van der Waals surface area contributed by atoms with Crippen LogP contribution in [0.3, 0.4) is 0 Å². The zero-order valence-electron chi connectivity index (χ0n) is 13.0. The first kappa shape index (κ1) is 15.5. The van der Waals surface area contributed by atoms with Crippen LogP contribution in [0, 0.1) is 6.92 Å². The summed E-state index contributed by atoms with van der Waals surface area (Å²) in [6.45, 7) is 1.90. The minimum Gasteiger partial charge on any atom is -0.339 e. The van der Waals surface area contributed by atoms with Crippen molar-refractivity contribution in [2.75, 3.05) is 17.3 Å². The molecule has 23 heavy (non-hydrogen) atoms. The van der Waals surface area contributed by atoms with Gasteiger partial charge < -0.3 is 10.2 Å². The molecule has 1 N–H and O–H groups in total. The Labute approximate surface area is 144 Å². The molecule has 0 radical (unpaired) electrons. The number of hydrogen-bond donors (Lipinski definition) is 1. The average Bonchev–Trinajstić information content (AvgIpc) is 2.56. The van der Waals surface area contributed by atoms with Gasteiger partial charge in [0.1, 0.15) is 17.5 Å². The minimum atomic E-state index is 0.722. The number of halogens is 1. The summed E-state index contributed by atoms with van der Waals surface area (Å²) in [5.41, 5.74) is 2.05. The quantitative estimate of drug-likeness (QED) is 0.698. The second-order valence-electron chi connectivity index (χ2n) is 5.16. The predicted molar refractivity (Wildman–Crippen MR) is 98.7 cm³/mol. The van der Waals surface area contributed by atoms with Gasteiger partial charge in [0, 0.05) is 23.3 Å². The normalized spacial score (nSPS) is 10.4. The number of aryl methyl sites for hydroxylation is 1. The van der Waals surface area contributed by atoms with E-state index in [-0.39, 0.29) is 0 Å². The van der Waals surface area contributed by atoms with Gasteiger partial charge in [0.2, 0.25) is 0 Å². The zero-order valence-corrected chi connectivity index (χ0v) is 14.6. The lowest BCUT2D eigenvalue weighted by Gasteiger charge is -2.19. The molecule has 0 aliphatic rings. The monoisotopic (exact) mass is 368 g/mol. The lowest BCUT2D eigenvalue weighted by molar-refractivity contribution is 1.02. The van der Waals surface area contributed by atoms with E-state index in [2.05, 4.69) is 43.3 Å². The molecule has 0 atom stereocenters. The fourth-order valence-electron chi connectivity index (χ4n) is 2.27. The molecule has 0 aliphatic carbocycles. The van der Waals surface area contributed by atoms with E-state index in [1.807, 2.05) is 67.4 Å². The van der Waals surface area contributed by atoms with Crippen molar-refractivity contribution < 1.29 is 0 Å². The molecule has 3 aromatic rings. The number of aromatic nitrogens is 2. The van der Waals surface area contributed by atoms with E-state index in [1.54, 1.807) is 0 Å². The van der Waals surface area contributed by atoms with Crippen LogP contribution < -0.4 is 10.2 Å². The number of nitrogens with zero attached hydrogens (tertiary/aromatic N) is 3. The first-order valence-electron chi connectivity index (χ1n) is 7.29. The number of hydrogen-bond acceptors (Lipinski definition) is 4. The Bertz CT molecular complexity index is 805. The molecule has 0 aliphatic heterocycles. The van der Waals surface area contributed by atoms with Gasteiger partial charge in [0.15, 0.2) is 0 Å². The molecule has 0 saturated heterocycles. The summed E-state index contributed by atoms with van der Waals surface area (Å²) in [6.07, 6.45) is 0. The topological polar surface area (TPSA) is 41.1 Å². The van der Waals surface area contributed by atoms with Crippen LogP contribution in [-0.4, -0.2) is 17.0 Å². The molecule has 2 aromatic carbocycles. The molecule has 5 heteroatoms. The summed E-state index contributed by atoms with van der Waals surface area (Å²) in [6, 6.07) is 20.0. The maximum absolute atomic E-state index is 4.54. The second-order valence-corrected chi connectivity index (χ2v) is 6.01. The highest BCUT2D eigenvalue weighted by atomic mass is 79.9. The van der Waals surface area contributed by atoms with Gasteiger partial charge in [-0.15, -0.1) is 0 Å². The third-order valence-electron chi connectivity index (χ3n) is 3.45. The average molecular weight is 369 g/mol. The highest BCUT2D eigenvalue weighted by Crippen LogP contribution is 2.27. The Morgan fingerprint density at radius 1 is 0.957 bits per heavy atom. The molecule has 3 rings (SSSR count). The van der Waals surface area contributed by atoms with Crippen LogP contribution in [0.1, 0.15) is 5.82 Å². The molecule has 0 unspecified atom stereocenters. The van der Waals surface area contributed by atoms with E-state index in [0.29, 0.717) is 0 Å². The molecule has 0 spiro atoms. The van der Waals surface area contributed by atoms with Gasteiger partial charge in [-0.2, -0.15) is 0 Å². The Balaban J connectivity index is 1.92. The molecule has 116 valence electrons. The molecule has 0 bridgehead atoms. The van der Waals surface area contributed by atoms with Crippen LogP contribution in [0.5, 0.6) is 0 Å². The summed E-state index contributed by atoms with van der Waals surface area (Å²) in [5, 5.41) is 3.34. The standard InChI is InChI=1S/C18H17BrN4/c1-13-20-17(22-16-11-7-6-10-15(16)19)12-18(21-13)23(2)14-8-4-3-5-9-14/h3-12H,1-2H3,(H,20,21,22). The lowest BCUT2D eigenvalue weighted by atomic mass is 10.3. The molecular formula is C18H17BrN4. The van der Waals surface area contributed by atoms with Gasteiger partial charge >= 0.3 is 0 Å². The number of benzene rings is 2. The third kappa shape index (κ3) is 3.68. The highest BCUT2D eigenvalue weighted by Gasteiger charge is 2.09. The van der Waals surface area contributed by atoms with Crippen molar-refractivity contribution in [3.8, 4) is 0 Å². The highest BCUT2D eigenvalue weighted by molar-refractivity contribution is 9.10. The maximum Gasteiger partial charge on any atom is 0.138 e. The van der Waals surface area contributed by atoms with Gasteiger partial charge in [-0.3, -0.25) is 0 Å². The van der Waals surface area contributed by atoms with Crippen molar-refractivity contribution in [1.29, 1.82) is 0 Å². The summed E-state index contributed by atoms with van der Waals surface area (Å²) < 4.78 is 0.995. The molecule has 1 heterocycles. The smallest absolute Gasteiger partial charge is 0.138 e. The van der Waals surface area contributed by atoms with Crippen LogP contribution in [0.4, 0.5) is 23.0 Å². The van der Waals surface area contributed by atoms with Crippen molar-refractivity contribution in [1.82, 2.24) is 9.97 Å². The predicted octanol–water partition coefficient (Wildman–Crippen LogP) is 5.06. The fourth-order valence-corrected chi connectivity index (χ4v) is 2.66. The van der Waals surface area contributed by atoms with Crippen molar-refractivity contribution in [3.05, 3.63) is 71.0 Å². The number of rotatable bonds is 4. The minimum absolute atomic E-state index is 0.722. The first-order chi connectivity index (χ1) is 11.1. The van der Waals surface area contributed by atoms with Crippen molar-refractivity contribution in [2.45, 2.75) is 6.92 Å². The van der Waals surface area contributed by atoms with E-state index in [1.165, 1.54) is 0 Å². The van der Waals surface area contributed by atoms with Gasteiger partial charge in [0.25, 0.3) is 0 Å². The number of anilines is 4.